The molecule has 0 atom stereocenters. The van der Waals surface area contributed by atoms with Crippen molar-refractivity contribution in [2.75, 3.05) is 5.32 Å². The Morgan fingerprint density at radius 1 is 1.20 bits per heavy atom. The number of nitrogens with one attached hydrogen (secondary N) is 1. The maximum absolute atomic E-state index is 12.6. The van der Waals surface area contributed by atoms with Crippen LogP contribution < -0.4 is 11.1 Å². The SMILES string of the molecule is N#Cc1cc(C(F)(F)F)ccc1NC1CCC(N)CC1. The van der Waals surface area contributed by atoms with Gasteiger partial charge in [-0.15, -0.1) is 0 Å². The zero-order valence-corrected chi connectivity index (χ0v) is 10.9. The topological polar surface area (TPSA) is 61.8 Å². The van der Waals surface area contributed by atoms with Crippen molar-refractivity contribution < 1.29 is 13.2 Å². The minimum Gasteiger partial charge on any atom is -0.381 e. The van der Waals surface area contributed by atoms with Gasteiger partial charge in [0.25, 0.3) is 0 Å². The molecule has 0 unspecified atom stereocenters. The van der Waals surface area contributed by atoms with Gasteiger partial charge in [-0.05, 0) is 43.9 Å². The Morgan fingerprint density at radius 2 is 1.85 bits per heavy atom. The van der Waals surface area contributed by atoms with Gasteiger partial charge in [-0.25, -0.2) is 0 Å². The molecular weight excluding hydrogens is 267 g/mol. The average molecular weight is 283 g/mol. The van der Waals surface area contributed by atoms with Gasteiger partial charge in [0.15, 0.2) is 0 Å². The third-order valence-corrected chi connectivity index (χ3v) is 3.60. The summed E-state index contributed by atoms with van der Waals surface area (Å²) in [6.45, 7) is 0. The van der Waals surface area contributed by atoms with Crippen molar-refractivity contribution in [3.05, 3.63) is 29.3 Å². The molecule has 20 heavy (non-hydrogen) atoms. The van der Waals surface area contributed by atoms with E-state index >= 15 is 0 Å². The molecule has 0 bridgehead atoms. The first-order valence-corrected chi connectivity index (χ1v) is 6.53. The highest BCUT2D eigenvalue weighted by atomic mass is 19.4. The molecule has 0 spiro atoms. The predicted molar refractivity (Wildman–Crippen MR) is 70.0 cm³/mol. The smallest absolute Gasteiger partial charge is 0.381 e. The second-order valence-corrected chi connectivity index (χ2v) is 5.13. The highest BCUT2D eigenvalue weighted by molar-refractivity contribution is 5.59. The maximum Gasteiger partial charge on any atom is 0.416 e. The number of benzene rings is 1. The molecule has 1 aromatic carbocycles. The van der Waals surface area contributed by atoms with E-state index in [4.69, 9.17) is 11.0 Å². The molecule has 1 saturated carbocycles. The molecule has 0 amide bonds. The summed E-state index contributed by atoms with van der Waals surface area (Å²) in [4.78, 5) is 0. The van der Waals surface area contributed by atoms with Gasteiger partial charge in [0.2, 0.25) is 0 Å². The number of nitrogens with two attached hydrogens (primary N) is 1. The first kappa shape index (κ1) is 14.7. The van der Waals surface area contributed by atoms with Crippen molar-refractivity contribution in [2.24, 2.45) is 5.73 Å². The summed E-state index contributed by atoms with van der Waals surface area (Å²) in [5.74, 6) is 0. The maximum atomic E-state index is 12.6. The quantitative estimate of drug-likeness (QED) is 0.875. The van der Waals surface area contributed by atoms with Crippen LogP contribution in [0.4, 0.5) is 18.9 Å². The Labute approximate surface area is 115 Å². The van der Waals surface area contributed by atoms with Crippen LogP contribution in [0.25, 0.3) is 0 Å². The number of nitrogens with zero attached hydrogens (tertiary/aromatic N) is 1. The van der Waals surface area contributed by atoms with Gasteiger partial charge >= 0.3 is 6.18 Å². The standard InChI is InChI=1S/C14H16F3N3/c15-14(16,17)10-1-6-13(9(7-10)8-18)20-12-4-2-11(19)3-5-12/h1,6-7,11-12,20H,2-5,19H2. The zero-order chi connectivity index (χ0) is 14.8. The van der Waals surface area contributed by atoms with E-state index in [-0.39, 0.29) is 17.6 Å². The molecule has 108 valence electrons. The lowest BCUT2D eigenvalue weighted by molar-refractivity contribution is -0.137. The number of alkyl halides is 3. The molecule has 1 aliphatic rings. The Balaban J connectivity index is 2.14. The summed E-state index contributed by atoms with van der Waals surface area (Å²) in [6.07, 6.45) is -0.914. The van der Waals surface area contributed by atoms with Crippen LogP contribution >= 0.6 is 0 Å². The zero-order valence-electron chi connectivity index (χ0n) is 10.9. The molecule has 3 nitrogen and oxygen atoms in total. The number of hydrogen-bond donors (Lipinski definition) is 2. The summed E-state index contributed by atoms with van der Waals surface area (Å²) in [5.41, 5.74) is 5.49. The number of halogens is 3. The van der Waals surface area contributed by atoms with Gasteiger partial charge in [0.1, 0.15) is 6.07 Å². The molecule has 0 aromatic heterocycles. The molecule has 3 N–H and O–H groups in total. The third kappa shape index (κ3) is 3.42. The Kier molecular flexibility index (Phi) is 4.19. The normalized spacial score (nSPS) is 23.1. The fourth-order valence-electron chi connectivity index (χ4n) is 2.42. The minimum absolute atomic E-state index is 0.0229. The molecule has 0 saturated heterocycles. The van der Waals surface area contributed by atoms with E-state index in [2.05, 4.69) is 5.32 Å². The molecule has 1 fully saturated rings. The van der Waals surface area contributed by atoms with E-state index in [1.165, 1.54) is 6.07 Å². The van der Waals surface area contributed by atoms with Gasteiger partial charge in [0, 0.05) is 12.1 Å². The van der Waals surface area contributed by atoms with Gasteiger partial charge < -0.3 is 11.1 Å². The molecule has 0 heterocycles. The van der Waals surface area contributed by atoms with E-state index in [1.54, 1.807) is 0 Å². The van der Waals surface area contributed by atoms with Crippen molar-refractivity contribution in [3.63, 3.8) is 0 Å². The van der Waals surface area contributed by atoms with Crippen LogP contribution in [0.2, 0.25) is 0 Å². The van der Waals surface area contributed by atoms with Gasteiger partial charge in [-0.1, -0.05) is 0 Å². The van der Waals surface area contributed by atoms with Crippen LogP contribution in [0.1, 0.15) is 36.8 Å². The summed E-state index contributed by atoms with van der Waals surface area (Å²) in [5, 5.41) is 12.2. The van der Waals surface area contributed by atoms with Crippen molar-refractivity contribution in [3.8, 4) is 6.07 Å². The highest BCUT2D eigenvalue weighted by Gasteiger charge is 2.31. The van der Waals surface area contributed by atoms with E-state index in [0.29, 0.717) is 5.69 Å². The lowest BCUT2D eigenvalue weighted by atomic mass is 9.91. The van der Waals surface area contributed by atoms with Gasteiger partial charge in [0.05, 0.1) is 16.8 Å². The van der Waals surface area contributed by atoms with Crippen molar-refractivity contribution in [1.82, 2.24) is 0 Å². The predicted octanol–water partition coefficient (Wildman–Crippen LogP) is 3.26. The van der Waals surface area contributed by atoms with E-state index in [0.717, 1.165) is 37.8 Å². The summed E-state index contributed by atoms with van der Waals surface area (Å²) in [7, 11) is 0. The van der Waals surface area contributed by atoms with Crippen LogP contribution in [0.5, 0.6) is 0 Å². The Hall–Kier alpha value is -1.74. The summed E-state index contributed by atoms with van der Waals surface area (Å²) < 4.78 is 37.8. The molecule has 0 aliphatic heterocycles. The highest BCUT2D eigenvalue weighted by Crippen LogP contribution is 2.32. The number of anilines is 1. The fourth-order valence-corrected chi connectivity index (χ4v) is 2.42. The molecule has 1 aromatic rings. The monoisotopic (exact) mass is 283 g/mol. The first-order valence-electron chi connectivity index (χ1n) is 6.53. The van der Waals surface area contributed by atoms with Crippen molar-refractivity contribution in [2.45, 2.75) is 43.9 Å². The molecular formula is C14H16F3N3. The van der Waals surface area contributed by atoms with Crippen molar-refractivity contribution >= 4 is 5.69 Å². The summed E-state index contributed by atoms with van der Waals surface area (Å²) >= 11 is 0. The summed E-state index contributed by atoms with van der Waals surface area (Å²) in [6, 6.07) is 5.40. The van der Waals surface area contributed by atoms with Gasteiger partial charge in [-0.3, -0.25) is 0 Å². The Bertz CT molecular complexity index is 511. The van der Waals surface area contributed by atoms with Crippen LogP contribution in [0.3, 0.4) is 0 Å². The van der Waals surface area contributed by atoms with Gasteiger partial charge in [-0.2, -0.15) is 18.4 Å². The average Bonchev–Trinajstić information content (AvgIpc) is 2.40. The van der Waals surface area contributed by atoms with Crippen molar-refractivity contribution in [1.29, 1.82) is 5.26 Å². The Morgan fingerprint density at radius 3 is 2.40 bits per heavy atom. The lowest BCUT2D eigenvalue weighted by Gasteiger charge is -2.28. The third-order valence-electron chi connectivity index (χ3n) is 3.60. The fraction of sp³-hybridized carbons (Fsp3) is 0.500. The largest absolute Gasteiger partial charge is 0.416 e. The number of hydrogen-bond acceptors (Lipinski definition) is 3. The second kappa shape index (κ2) is 5.71. The number of rotatable bonds is 2. The molecule has 1 aliphatic carbocycles. The van der Waals surface area contributed by atoms with E-state index in [9.17, 15) is 13.2 Å². The number of nitriles is 1. The van der Waals surface area contributed by atoms with E-state index < -0.39 is 11.7 Å². The van der Waals surface area contributed by atoms with Crippen LogP contribution in [0, 0.1) is 11.3 Å². The van der Waals surface area contributed by atoms with Crippen LogP contribution in [-0.2, 0) is 6.18 Å². The minimum atomic E-state index is -4.43. The van der Waals surface area contributed by atoms with Crippen LogP contribution in [-0.4, -0.2) is 12.1 Å². The second-order valence-electron chi connectivity index (χ2n) is 5.13. The van der Waals surface area contributed by atoms with E-state index in [1.807, 2.05) is 6.07 Å². The molecule has 2 rings (SSSR count). The molecule has 0 radical (unpaired) electrons. The van der Waals surface area contributed by atoms with Crippen LogP contribution in [0.15, 0.2) is 18.2 Å². The lowest BCUT2D eigenvalue weighted by Crippen LogP contribution is -2.33. The first-order chi connectivity index (χ1) is 9.40. The molecule has 6 heteroatoms.